The van der Waals surface area contributed by atoms with Gasteiger partial charge in [-0.3, -0.25) is 9.78 Å². The second-order valence-electron chi connectivity index (χ2n) is 3.85. The van der Waals surface area contributed by atoms with Crippen LogP contribution >= 0.6 is 0 Å². The highest BCUT2D eigenvalue weighted by molar-refractivity contribution is 6.08. The number of ether oxygens (including phenoxy) is 1. The summed E-state index contributed by atoms with van der Waals surface area (Å²) in [6.07, 6.45) is 7.49. The molecule has 0 unspecified atom stereocenters. The summed E-state index contributed by atoms with van der Waals surface area (Å²) in [5, 5.41) is 0. The SMILES string of the molecule is CCCn1ccnc1C(=O)c1ccncc1OC. The standard InChI is InChI=1S/C13H15N3O2/c1-3-7-16-8-6-15-13(16)12(17)10-4-5-14-9-11(10)18-2/h4-6,8-9H,3,7H2,1-2H3. The molecule has 0 aliphatic heterocycles. The van der Waals surface area contributed by atoms with Gasteiger partial charge >= 0.3 is 0 Å². The summed E-state index contributed by atoms with van der Waals surface area (Å²) < 4.78 is 6.99. The van der Waals surface area contributed by atoms with Gasteiger partial charge in [-0.05, 0) is 12.5 Å². The molecule has 0 fully saturated rings. The van der Waals surface area contributed by atoms with Gasteiger partial charge in [-0.25, -0.2) is 4.98 Å². The molecule has 0 N–H and O–H groups in total. The largest absolute Gasteiger partial charge is 0.494 e. The molecule has 0 spiro atoms. The topological polar surface area (TPSA) is 57.0 Å². The third kappa shape index (κ3) is 2.25. The second kappa shape index (κ2) is 5.44. The lowest BCUT2D eigenvalue weighted by Crippen LogP contribution is -2.12. The maximum atomic E-state index is 12.4. The van der Waals surface area contributed by atoms with E-state index in [1.54, 1.807) is 18.5 Å². The Kier molecular flexibility index (Phi) is 3.72. The summed E-state index contributed by atoms with van der Waals surface area (Å²) in [6, 6.07) is 1.64. The van der Waals surface area contributed by atoms with E-state index in [1.165, 1.54) is 13.3 Å². The van der Waals surface area contributed by atoms with Crippen LogP contribution in [0.5, 0.6) is 5.75 Å². The van der Waals surface area contributed by atoms with Gasteiger partial charge in [0.1, 0.15) is 5.75 Å². The van der Waals surface area contributed by atoms with Crippen LogP contribution in [0.15, 0.2) is 30.9 Å². The molecule has 5 heteroatoms. The van der Waals surface area contributed by atoms with Crippen LogP contribution in [0.4, 0.5) is 0 Å². The van der Waals surface area contributed by atoms with E-state index in [2.05, 4.69) is 16.9 Å². The highest BCUT2D eigenvalue weighted by Gasteiger charge is 2.18. The lowest BCUT2D eigenvalue weighted by Gasteiger charge is -2.08. The van der Waals surface area contributed by atoms with E-state index >= 15 is 0 Å². The van der Waals surface area contributed by atoms with E-state index in [4.69, 9.17) is 4.74 Å². The first-order valence-electron chi connectivity index (χ1n) is 5.81. The molecule has 18 heavy (non-hydrogen) atoms. The predicted molar refractivity (Wildman–Crippen MR) is 66.7 cm³/mol. The molecule has 2 aromatic rings. The van der Waals surface area contributed by atoms with Crippen LogP contribution in [0.3, 0.4) is 0 Å². The van der Waals surface area contributed by atoms with Crippen molar-refractivity contribution in [3.63, 3.8) is 0 Å². The van der Waals surface area contributed by atoms with Crippen LogP contribution in [-0.2, 0) is 6.54 Å². The van der Waals surface area contributed by atoms with Gasteiger partial charge in [0.2, 0.25) is 5.78 Å². The van der Waals surface area contributed by atoms with Crippen LogP contribution in [0.2, 0.25) is 0 Å². The predicted octanol–water partition coefficient (Wildman–Crippen LogP) is 1.93. The van der Waals surface area contributed by atoms with Gasteiger partial charge in [-0.2, -0.15) is 0 Å². The maximum absolute atomic E-state index is 12.4. The third-order valence-electron chi connectivity index (χ3n) is 2.63. The van der Waals surface area contributed by atoms with E-state index in [1.807, 2.05) is 10.8 Å². The third-order valence-corrected chi connectivity index (χ3v) is 2.63. The zero-order valence-electron chi connectivity index (χ0n) is 10.5. The lowest BCUT2D eigenvalue weighted by atomic mass is 10.1. The van der Waals surface area contributed by atoms with Crippen LogP contribution in [-0.4, -0.2) is 27.4 Å². The molecule has 0 bridgehead atoms. The number of aromatic nitrogens is 3. The molecule has 0 saturated carbocycles. The number of hydrogen-bond acceptors (Lipinski definition) is 4. The fourth-order valence-electron chi connectivity index (χ4n) is 1.79. The van der Waals surface area contributed by atoms with Gasteiger partial charge in [-0.1, -0.05) is 6.92 Å². The molecule has 5 nitrogen and oxygen atoms in total. The number of hydrogen-bond donors (Lipinski definition) is 0. The Hall–Kier alpha value is -2.17. The maximum Gasteiger partial charge on any atom is 0.232 e. The summed E-state index contributed by atoms with van der Waals surface area (Å²) in [5.41, 5.74) is 0.482. The average Bonchev–Trinajstić information content (AvgIpc) is 2.86. The van der Waals surface area contributed by atoms with Crippen LogP contribution in [0.1, 0.15) is 29.5 Å². The number of rotatable bonds is 5. The van der Waals surface area contributed by atoms with Gasteiger partial charge in [0.15, 0.2) is 5.82 Å². The van der Waals surface area contributed by atoms with E-state index < -0.39 is 0 Å². The smallest absolute Gasteiger partial charge is 0.232 e. The van der Waals surface area contributed by atoms with Crippen LogP contribution in [0, 0.1) is 0 Å². The van der Waals surface area contributed by atoms with Gasteiger partial charge in [0.25, 0.3) is 0 Å². The summed E-state index contributed by atoms with van der Waals surface area (Å²) in [4.78, 5) is 20.4. The molecule has 0 aromatic carbocycles. The Morgan fingerprint density at radius 2 is 2.28 bits per heavy atom. The van der Waals surface area contributed by atoms with Crippen molar-refractivity contribution in [2.24, 2.45) is 0 Å². The number of aryl methyl sites for hydroxylation is 1. The fourth-order valence-corrected chi connectivity index (χ4v) is 1.79. The molecule has 2 heterocycles. The molecule has 0 aliphatic carbocycles. The minimum atomic E-state index is -0.146. The second-order valence-corrected chi connectivity index (χ2v) is 3.85. The Labute approximate surface area is 105 Å². The quantitative estimate of drug-likeness (QED) is 0.755. The van der Waals surface area contributed by atoms with Crippen LogP contribution < -0.4 is 4.74 Å². The fraction of sp³-hybridized carbons (Fsp3) is 0.308. The highest BCUT2D eigenvalue weighted by atomic mass is 16.5. The average molecular weight is 245 g/mol. The summed E-state index contributed by atoms with van der Waals surface area (Å²) in [5.74, 6) is 0.752. The van der Waals surface area contributed by atoms with Gasteiger partial charge < -0.3 is 9.30 Å². The summed E-state index contributed by atoms with van der Waals surface area (Å²) >= 11 is 0. The van der Waals surface area contributed by atoms with Gasteiger partial charge in [0.05, 0.1) is 18.9 Å². The minimum Gasteiger partial charge on any atom is -0.494 e. The first-order valence-corrected chi connectivity index (χ1v) is 5.81. The molecule has 0 radical (unpaired) electrons. The Morgan fingerprint density at radius 1 is 1.44 bits per heavy atom. The van der Waals surface area contributed by atoms with E-state index in [0.717, 1.165) is 13.0 Å². The number of carbonyl (C=O) groups is 1. The van der Waals surface area contributed by atoms with Crippen molar-refractivity contribution in [3.05, 3.63) is 42.2 Å². The number of carbonyl (C=O) groups excluding carboxylic acids is 1. The van der Waals surface area contributed by atoms with E-state index in [9.17, 15) is 4.79 Å². The number of imidazole rings is 1. The number of pyridine rings is 1. The van der Waals surface area contributed by atoms with Crippen molar-refractivity contribution in [2.75, 3.05) is 7.11 Å². The zero-order chi connectivity index (χ0) is 13.0. The van der Waals surface area contributed by atoms with E-state index in [-0.39, 0.29) is 5.78 Å². The van der Waals surface area contributed by atoms with E-state index in [0.29, 0.717) is 17.1 Å². The van der Waals surface area contributed by atoms with Crippen molar-refractivity contribution in [3.8, 4) is 5.75 Å². The minimum absolute atomic E-state index is 0.146. The lowest BCUT2D eigenvalue weighted by molar-refractivity contribution is 0.102. The Bertz CT molecular complexity index is 549. The first kappa shape index (κ1) is 12.3. The molecule has 2 rings (SSSR count). The summed E-state index contributed by atoms with van der Waals surface area (Å²) in [7, 11) is 1.52. The van der Waals surface area contributed by atoms with Crippen molar-refractivity contribution in [1.29, 1.82) is 0 Å². The first-order chi connectivity index (χ1) is 8.77. The molecular weight excluding hydrogens is 230 g/mol. The Morgan fingerprint density at radius 3 is 3.00 bits per heavy atom. The molecule has 0 saturated heterocycles. The molecule has 0 aliphatic rings. The molecule has 94 valence electrons. The van der Waals surface area contributed by atoms with Crippen molar-refractivity contribution < 1.29 is 9.53 Å². The van der Waals surface area contributed by atoms with Crippen LogP contribution in [0.25, 0.3) is 0 Å². The number of methoxy groups -OCH3 is 1. The molecular formula is C13H15N3O2. The molecule has 2 aromatic heterocycles. The monoisotopic (exact) mass is 245 g/mol. The Balaban J connectivity index is 2.38. The van der Waals surface area contributed by atoms with Crippen molar-refractivity contribution >= 4 is 5.78 Å². The normalized spacial score (nSPS) is 10.3. The molecule has 0 amide bonds. The summed E-state index contributed by atoms with van der Waals surface area (Å²) in [6.45, 7) is 2.83. The highest BCUT2D eigenvalue weighted by Crippen LogP contribution is 2.19. The number of nitrogens with zero attached hydrogens (tertiary/aromatic N) is 3. The number of ketones is 1. The van der Waals surface area contributed by atoms with Gasteiger partial charge in [-0.15, -0.1) is 0 Å². The van der Waals surface area contributed by atoms with Crippen molar-refractivity contribution in [1.82, 2.24) is 14.5 Å². The molecule has 0 atom stereocenters. The van der Waals surface area contributed by atoms with Gasteiger partial charge in [0, 0.05) is 25.1 Å². The zero-order valence-corrected chi connectivity index (χ0v) is 10.5. The van der Waals surface area contributed by atoms with Crippen molar-refractivity contribution in [2.45, 2.75) is 19.9 Å².